The van der Waals surface area contributed by atoms with Crippen LogP contribution in [0.4, 0.5) is 0 Å². The highest BCUT2D eigenvalue weighted by molar-refractivity contribution is 6.35. The summed E-state index contributed by atoms with van der Waals surface area (Å²) in [4.78, 5) is 22.8. The number of amides is 2. The number of ether oxygens (including phenoxy) is 1. The molecule has 1 aromatic heterocycles. The first kappa shape index (κ1) is 16.2. The van der Waals surface area contributed by atoms with Gasteiger partial charge in [-0.2, -0.15) is 0 Å². The van der Waals surface area contributed by atoms with E-state index in [-0.39, 0.29) is 13.1 Å². The normalized spacial score (nSPS) is 11.9. The van der Waals surface area contributed by atoms with Gasteiger partial charge in [0.2, 0.25) is 0 Å². The Balaban J connectivity index is 2.25. The summed E-state index contributed by atoms with van der Waals surface area (Å²) >= 11 is 0. The van der Waals surface area contributed by atoms with Crippen molar-refractivity contribution in [3.8, 4) is 0 Å². The van der Waals surface area contributed by atoms with E-state index >= 15 is 0 Å². The van der Waals surface area contributed by atoms with E-state index in [0.717, 1.165) is 5.69 Å². The topological polar surface area (TPSA) is 92.6 Å². The minimum atomic E-state index is -0.708. The first-order chi connectivity index (χ1) is 9.56. The standard InChI is InChI=1S/C13H21N3O4/c1-16-8-3-4-10(16)11(17)5-6-14-12(18)13(19)15-7-9-20-2/h3-4,8,11,17H,5-7,9H2,1-2H3,(H,14,18)(H,15,19). The summed E-state index contributed by atoms with van der Waals surface area (Å²) in [5.41, 5.74) is 0.767. The van der Waals surface area contributed by atoms with E-state index in [9.17, 15) is 14.7 Å². The number of nitrogens with one attached hydrogen (secondary N) is 2. The molecule has 7 nitrogen and oxygen atoms in total. The lowest BCUT2D eigenvalue weighted by molar-refractivity contribution is -0.139. The zero-order valence-corrected chi connectivity index (χ0v) is 11.8. The molecule has 1 aromatic rings. The summed E-state index contributed by atoms with van der Waals surface area (Å²) in [7, 11) is 3.34. The molecule has 1 unspecified atom stereocenters. The van der Waals surface area contributed by atoms with Crippen molar-refractivity contribution >= 4 is 11.8 Å². The van der Waals surface area contributed by atoms with Gasteiger partial charge in [0.25, 0.3) is 0 Å². The molecule has 3 N–H and O–H groups in total. The summed E-state index contributed by atoms with van der Waals surface area (Å²) in [6, 6.07) is 3.64. The van der Waals surface area contributed by atoms with Crippen LogP contribution in [0, 0.1) is 0 Å². The summed E-state index contributed by atoms with van der Waals surface area (Å²) in [6.45, 7) is 0.864. The monoisotopic (exact) mass is 283 g/mol. The average Bonchev–Trinajstić information content (AvgIpc) is 2.85. The van der Waals surface area contributed by atoms with Gasteiger partial charge in [-0.25, -0.2) is 0 Å². The first-order valence-corrected chi connectivity index (χ1v) is 6.40. The second-order valence-corrected chi connectivity index (χ2v) is 4.35. The van der Waals surface area contributed by atoms with E-state index in [1.165, 1.54) is 7.11 Å². The fourth-order valence-corrected chi connectivity index (χ4v) is 1.72. The van der Waals surface area contributed by atoms with Crippen LogP contribution in [-0.4, -0.2) is 48.3 Å². The van der Waals surface area contributed by atoms with Crippen molar-refractivity contribution in [2.75, 3.05) is 26.8 Å². The molecule has 0 fully saturated rings. The van der Waals surface area contributed by atoms with Crippen LogP contribution in [0.15, 0.2) is 18.3 Å². The van der Waals surface area contributed by atoms with Crippen LogP contribution < -0.4 is 10.6 Å². The van der Waals surface area contributed by atoms with E-state index in [1.54, 1.807) is 0 Å². The number of rotatable bonds is 7. The van der Waals surface area contributed by atoms with Crippen LogP contribution in [-0.2, 0) is 21.4 Å². The zero-order chi connectivity index (χ0) is 15.0. The van der Waals surface area contributed by atoms with Crippen LogP contribution in [0.25, 0.3) is 0 Å². The van der Waals surface area contributed by atoms with Crippen molar-refractivity contribution in [3.05, 3.63) is 24.0 Å². The van der Waals surface area contributed by atoms with Crippen molar-refractivity contribution in [2.45, 2.75) is 12.5 Å². The molecule has 0 radical (unpaired) electrons. The molecule has 20 heavy (non-hydrogen) atoms. The number of aromatic nitrogens is 1. The maximum atomic E-state index is 11.4. The number of carbonyl (C=O) groups is 2. The van der Waals surface area contributed by atoms with E-state index in [2.05, 4.69) is 10.6 Å². The molecule has 0 spiro atoms. The van der Waals surface area contributed by atoms with E-state index in [0.29, 0.717) is 13.0 Å². The van der Waals surface area contributed by atoms with Crippen molar-refractivity contribution in [3.63, 3.8) is 0 Å². The van der Waals surface area contributed by atoms with Gasteiger partial charge >= 0.3 is 11.8 Å². The van der Waals surface area contributed by atoms with Gasteiger partial charge in [0.15, 0.2) is 0 Å². The Morgan fingerprint density at radius 2 is 2.00 bits per heavy atom. The van der Waals surface area contributed by atoms with Crippen molar-refractivity contribution in [2.24, 2.45) is 7.05 Å². The van der Waals surface area contributed by atoms with E-state index in [4.69, 9.17) is 4.74 Å². The summed E-state index contributed by atoms with van der Waals surface area (Å²) in [5, 5.41) is 14.8. The van der Waals surface area contributed by atoms with Gasteiger partial charge in [0.05, 0.1) is 12.7 Å². The number of carbonyl (C=O) groups excluding carboxylic acids is 2. The van der Waals surface area contributed by atoms with Crippen LogP contribution >= 0.6 is 0 Å². The predicted molar refractivity (Wildman–Crippen MR) is 72.9 cm³/mol. The lowest BCUT2D eigenvalue weighted by Crippen LogP contribution is -2.41. The number of methoxy groups -OCH3 is 1. The summed E-state index contributed by atoms with van der Waals surface area (Å²) in [5.74, 6) is -1.41. The lowest BCUT2D eigenvalue weighted by Gasteiger charge is -2.12. The molecule has 0 aliphatic heterocycles. The molecular weight excluding hydrogens is 262 g/mol. The van der Waals surface area contributed by atoms with Crippen LogP contribution in [0.2, 0.25) is 0 Å². The maximum Gasteiger partial charge on any atom is 0.309 e. The number of hydrogen-bond acceptors (Lipinski definition) is 4. The molecule has 0 aromatic carbocycles. The smallest absolute Gasteiger partial charge is 0.309 e. The number of aryl methyl sites for hydroxylation is 1. The molecule has 2 amide bonds. The molecule has 0 aliphatic carbocycles. The molecule has 0 saturated heterocycles. The van der Waals surface area contributed by atoms with Crippen molar-refractivity contribution in [1.29, 1.82) is 0 Å². The molecular formula is C13H21N3O4. The number of nitrogens with zero attached hydrogens (tertiary/aromatic N) is 1. The van der Waals surface area contributed by atoms with Gasteiger partial charge in [0.1, 0.15) is 0 Å². The van der Waals surface area contributed by atoms with Gasteiger partial charge in [-0.3, -0.25) is 9.59 Å². The Morgan fingerprint density at radius 1 is 1.35 bits per heavy atom. The molecule has 112 valence electrons. The van der Waals surface area contributed by atoms with Crippen LogP contribution in [0.5, 0.6) is 0 Å². The predicted octanol–water partition coefficient (Wildman–Crippen LogP) is -0.673. The highest BCUT2D eigenvalue weighted by Gasteiger charge is 2.14. The van der Waals surface area contributed by atoms with Crippen molar-refractivity contribution < 1.29 is 19.4 Å². The lowest BCUT2D eigenvalue weighted by atomic mass is 10.2. The van der Waals surface area contributed by atoms with Gasteiger partial charge in [-0.15, -0.1) is 0 Å². The molecule has 1 rings (SSSR count). The van der Waals surface area contributed by atoms with Gasteiger partial charge in [-0.05, 0) is 18.6 Å². The largest absolute Gasteiger partial charge is 0.387 e. The Hall–Kier alpha value is -1.86. The Bertz CT molecular complexity index is 445. The maximum absolute atomic E-state index is 11.4. The Kier molecular flexibility index (Phi) is 6.75. The highest BCUT2D eigenvalue weighted by Crippen LogP contribution is 2.15. The van der Waals surface area contributed by atoms with E-state index in [1.807, 2.05) is 29.9 Å². The Labute approximate surface area is 117 Å². The Morgan fingerprint density at radius 3 is 2.55 bits per heavy atom. The fraction of sp³-hybridized carbons (Fsp3) is 0.538. The second kappa shape index (κ2) is 8.34. The van der Waals surface area contributed by atoms with Crippen molar-refractivity contribution in [1.82, 2.24) is 15.2 Å². The third kappa shape index (κ3) is 5.02. The number of aliphatic hydroxyl groups is 1. The average molecular weight is 283 g/mol. The second-order valence-electron chi connectivity index (χ2n) is 4.35. The molecule has 0 saturated carbocycles. The first-order valence-electron chi connectivity index (χ1n) is 6.40. The van der Waals surface area contributed by atoms with Crippen LogP contribution in [0.3, 0.4) is 0 Å². The third-order valence-electron chi connectivity index (χ3n) is 2.83. The summed E-state index contributed by atoms with van der Waals surface area (Å²) in [6.07, 6.45) is 1.50. The van der Waals surface area contributed by atoms with Crippen LogP contribution in [0.1, 0.15) is 18.2 Å². The fourth-order valence-electron chi connectivity index (χ4n) is 1.72. The number of aliphatic hydroxyl groups excluding tert-OH is 1. The molecule has 1 atom stereocenters. The number of hydrogen-bond donors (Lipinski definition) is 3. The zero-order valence-electron chi connectivity index (χ0n) is 11.8. The van der Waals surface area contributed by atoms with Gasteiger partial charge in [0, 0.05) is 39.1 Å². The van der Waals surface area contributed by atoms with E-state index < -0.39 is 17.9 Å². The molecule has 1 heterocycles. The minimum absolute atomic E-state index is 0.225. The highest BCUT2D eigenvalue weighted by atomic mass is 16.5. The quantitative estimate of drug-likeness (QED) is 0.457. The summed E-state index contributed by atoms with van der Waals surface area (Å²) < 4.78 is 6.56. The van der Waals surface area contributed by atoms with Gasteiger partial charge in [-0.1, -0.05) is 0 Å². The third-order valence-corrected chi connectivity index (χ3v) is 2.83. The molecule has 0 bridgehead atoms. The minimum Gasteiger partial charge on any atom is -0.387 e. The van der Waals surface area contributed by atoms with Gasteiger partial charge < -0.3 is 25.0 Å². The molecule has 0 aliphatic rings. The SMILES string of the molecule is COCCNC(=O)C(=O)NCCC(O)c1cccn1C. The molecule has 7 heteroatoms.